The Morgan fingerprint density at radius 3 is 3.00 bits per heavy atom. The molecule has 0 radical (unpaired) electrons. The fourth-order valence-electron chi connectivity index (χ4n) is 2.79. The first kappa shape index (κ1) is 11.8. The first-order valence-electron chi connectivity index (χ1n) is 6.70. The van der Waals surface area contributed by atoms with E-state index in [4.69, 9.17) is 0 Å². The van der Waals surface area contributed by atoms with Crippen molar-refractivity contribution in [3.8, 4) is 0 Å². The summed E-state index contributed by atoms with van der Waals surface area (Å²) < 4.78 is 3.49. The van der Waals surface area contributed by atoms with Crippen molar-refractivity contribution in [1.29, 1.82) is 0 Å². The van der Waals surface area contributed by atoms with Crippen LogP contribution in [0.4, 0.5) is 5.82 Å². The summed E-state index contributed by atoms with van der Waals surface area (Å²) >= 11 is 1.70. The average Bonchev–Trinajstić information content (AvgIpc) is 3.04. The van der Waals surface area contributed by atoms with Crippen molar-refractivity contribution in [2.75, 3.05) is 11.4 Å². The van der Waals surface area contributed by atoms with Gasteiger partial charge in [-0.15, -0.1) is 11.3 Å². The topological polar surface area (TPSA) is 46.8 Å². The Morgan fingerprint density at radius 1 is 1.20 bits per heavy atom. The van der Waals surface area contributed by atoms with Gasteiger partial charge in [-0.25, -0.2) is 15.0 Å². The van der Waals surface area contributed by atoms with Crippen LogP contribution in [-0.2, 0) is 13.1 Å². The van der Waals surface area contributed by atoms with Gasteiger partial charge in [0.05, 0.1) is 22.5 Å². The molecule has 0 atom stereocenters. The molecule has 1 aliphatic heterocycles. The standard InChI is InChI=1S/C14H15N5S/c1-9-10(2)19-5-4-18(7-12(19)17-9)14-13-11(3-6-20-13)15-8-16-14/h3,6,8H,4-5,7H2,1-2H3. The van der Waals surface area contributed by atoms with Gasteiger partial charge in [0.1, 0.15) is 18.0 Å². The van der Waals surface area contributed by atoms with Crippen molar-refractivity contribution in [2.45, 2.75) is 26.9 Å². The van der Waals surface area contributed by atoms with Crippen molar-refractivity contribution in [3.63, 3.8) is 0 Å². The van der Waals surface area contributed by atoms with Crippen LogP contribution in [0.1, 0.15) is 17.2 Å². The first-order valence-corrected chi connectivity index (χ1v) is 7.58. The normalized spacial score (nSPS) is 14.8. The Labute approximate surface area is 120 Å². The van der Waals surface area contributed by atoms with Crippen LogP contribution in [0.2, 0.25) is 0 Å². The molecular formula is C14H15N5S. The van der Waals surface area contributed by atoms with Crippen LogP contribution in [0.5, 0.6) is 0 Å². The molecule has 0 bridgehead atoms. The summed E-state index contributed by atoms with van der Waals surface area (Å²) in [5, 5.41) is 2.07. The molecule has 3 aromatic heterocycles. The Balaban J connectivity index is 1.76. The number of hydrogen-bond acceptors (Lipinski definition) is 5. The maximum Gasteiger partial charge on any atom is 0.150 e. The van der Waals surface area contributed by atoms with Crippen LogP contribution in [0.3, 0.4) is 0 Å². The van der Waals surface area contributed by atoms with Gasteiger partial charge in [-0.05, 0) is 25.3 Å². The van der Waals surface area contributed by atoms with E-state index in [9.17, 15) is 0 Å². The van der Waals surface area contributed by atoms with E-state index in [2.05, 4.69) is 43.6 Å². The zero-order chi connectivity index (χ0) is 13.7. The van der Waals surface area contributed by atoms with Crippen LogP contribution < -0.4 is 4.90 Å². The summed E-state index contributed by atoms with van der Waals surface area (Å²) in [5.41, 5.74) is 3.44. The van der Waals surface area contributed by atoms with E-state index in [0.29, 0.717) is 0 Å². The van der Waals surface area contributed by atoms with E-state index in [-0.39, 0.29) is 0 Å². The average molecular weight is 285 g/mol. The Morgan fingerprint density at radius 2 is 2.10 bits per heavy atom. The molecule has 4 rings (SSSR count). The zero-order valence-corrected chi connectivity index (χ0v) is 12.3. The number of thiophene rings is 1. The quantitative estimate of drug-likeness (QED) is 0.689. The molecule has 0 saturated heterocycles. The summed E-state index contributed by atoms with van der Waals surface area (Å²) in [7, 11) is 0. The Kier molecular flexibility index (Phi) is 2.53. The summed E-state index contributed by atoms with van der Waals surface area (Å²) in [6, 6.07) is 2.05. The number of imidazole rings is 1. The van der Waals surface area contributed by atoms with Crippen molar-refractivity contribution in [2.24, 2.45) is 0 Å². The fraction of sp³-hybridized carbons (Fsp3) is 0.357. The number of rotatable bonds is 1. The first-order chi connectivity index (χ1) is 9.74. The van der Waals surface area contributed by atoms with Gasteiger partial charge in [-0.1, -0.05) is 0 Å². The molecule has 0 N–H and O–H groups in total. The summed E-state index contributed by atoms with van der Waals surface area (Å²) in [4.78, 5) is 15.8. The number of aromatic nitrogens is 4. The molecule has 0 amide bonds. The number of fused-ring (bicyclic) bond motifs is 2. The van der Waals surface area contributed by atoms with Crippen molar-refractivity contribution in [1.82, 2.24) is 19.5 Å². The van der Waals surface area contributed by atoms with Gasteiger partial charge in [0.2, 0.25) is 0 Å². The fourth-order valence-corrected chi connectivity index (χ4v) is 3.66. The van der Waals surface area contributed by atoms with Gasteiger partial charge < -0.3 is 9.47 Å². The highest BCUT2D eigenvalue weighted by molar-refractivity contribution is 7.17. The SMILES string of the molecule is Cc1nc2n(c1C)CCN(c1ncnc3ccsc13)C2. The Bertz CT molecular complexity index is 788. The molecule has 6 heteroatoms. The monoisotopic (exact) mass is 285 g/mol. The van der Waals surface area contributed by atoms with E-state index in [1.165, 1.54) is 10.4 Å². The van der Waals surface area contributed by atoms with Crippen LogP contribution in [0.25, 0.3) is 10.2 Å². The molecule has 5 nitrogen and oxygen atoms in total. The lowest BCUT2D eigenvalue weighted by Gasteiger charge is -2.29. The molecule has 3 aromatic rings. The van der Waals surface area contributed by atoms with E-state index >= 15 is 0 Å². The van der Waals surface area contributed by atoms with Crippen LogP contribution in [0.15, 0.2) is 17.8 Å². The largest absolute Gasteiger partial charge is 0.346 e. The molecule has 0 aromatic carbocycles. The highest BCUT2D eigenvalue weighted by Crippen LogP contribution is 2.30. The predicted octanol–water partition coefficient (Wildman–Crippen LogP) is 2.52. The second kappa shape index (κ2) is 4.28. The molecular weight excluding hydrogens is 270 g/mol. The molecule has 0 unspecified atom stereocenters. The van der Waals surface area contributed by atoms with Crippen LogP contribution in [-0.4, -0.2) is 26.1 Å². The maximum atomic E-state index is 4.68. The number of hydrogen-bond donors (Lipinski definition) is 0. The lowest BCUT2D eigenvalue weighted by Crippen LogP contribution is -2.34. The van der Waals surface area contributed by atoms with Gasteiger partial charge in [0, 0.05) is 18.8 Å². The van der Waals surface area contributed by atoms with E-state index in [0.717, 1.165) is 42.5 Å². The highest BCUT2D eigenvalue weighted by Gasteiger charge is 2.22. The molecule has 0 saturated carbocycles. The molecule has 20 heavy (non-hydrogen) atoms. The minimum atomic E-state index is 0.818. The number of aryl methyl sites for hydroxylation is 1. The third-order valence-electron chi connectivity index (χ3n) is 3.99. The van der Waals surface area contributed by atoms with E-state index in [1.807, 2.05) is 6.07 Å². The van der Waals surface area contributed by atoms with E-state index < -0.39 is 0 Å². The van der Waals surface area contributed by atoms with E-state index in [1.54, 1.807) is 17.7 Å². The van der Waals surface area contributed by atoms with Crippen molar-refractivity contribution in [3.05, 3.63) is 35.0 Å². The van der Waals surface area contributed by atoms with Gasteiger partial charge in [-0.2, -0.15) is 0 Å². The molecule has 1 aliphatic rings. The third kappa shape index (κ3) is 1.64. The summed E-state index contributed by atoms with van der Waals surface area (Å²) in [5.74, 6) is 2.17. The summed E-state index contributed by atoms with van der Waals surface area (Å²) in [6.07, 6.45) is 1.65. The molecule has 4 heterocycles. The summed E-state index contributed by atoms with van der Waals surface area (Å²) in [6.45, 7) is 6.97. The van der Waals surface area contributed by atoms with Gasteiger partial charge in [-0.3, -0.25) is 0 Å². The number of anilines is 1. The third-order valence-corrected chi connectivity index (χ3v) is 4.89. The Hall–Kier alpha value is -1.95. The maximum absolute atomic E-state index is 4.68. The lowest BCUT2D eigenvalue weighted by molar-refractivity contribution is 0.548. The predicted molar refractivity (Wildman–Crippen MR) is 80.2 cm³/mol. The van der Waals surface area contributed by atoms with Gasteiger partial charge in [0.15, 0.2) is 0 Å². The second-order valence-corrected chi connectivity index (χ2v) is 6.02. The van der Waals surface area contributed by atoms with Crippen LogP contribution >= 0.6 is 11.3 Å². The minimum absolute atomic E-state index is 0.818. The second-order valence-electron chi connectivity index (χ2n) is 5.10. The molecule has 0 spiro atoms. The van der Waals surface area contributed by atoms with Gasteiger partial charge >= 0.3 is 0 Å². The van der Waals surface area contributed by atoms with Gasteiger partial charge in [0.25, 0.3) is 0 Å². The molecule has 102 valence electrons. The smallest absolute Gasteiger partial charge is 0.150 e. The molecule has 0 aliphatic carbocycles. The minimum Gasteiger partial charge on any atom is -0.346 e. The molecule has 0 fully saturated rings. The highest BCUT2D eigenvalue weighted by atomic mass is 32.1. The van der Waals surface area contributed by atoms with Crippen molar-refractivity contribution < 1.29 is 0 Å². The number of nitrogens with zero attached hydrogens (tertiary/aromatic N) is 5. The zero-order valence-electron chi connectivity index (χ0n) is 11.5. The van der Waals surface area contributed by atoms with Crippen LogP contribution in [0, 0.1) is 13.8 Å². The lowest BCUT2D eigenvalue weighted by atomic mass is 10.3. The van der Waals surface area contributed by atoms with Crippen molar-refractivity contribution >= 4 is 27.4 Å².